The maximum Gasteiger partial charge on any atom is 0.321 e. The van der Waals surface area contributed by atoms with Crippen molar-refractivity contribution < 1.29 is 9.53 Å². The molecule has 0 N–H and O–H groups in total. The molecule has 1 aliphatic carbocycles. The molecule has 0 saturated carbocycles. The van der Waals surface area contributed by atoms with Crippen LogP contribution in [0.5, 0.6) is 0 Å². The lowest BCUT2D eigenvalue weighted by atomic mass is 10.1. The first kappa shape index (κ1) is 10.1. The molecule has 0 bridgehead atoms. The molecule has 0 unspecified atom stereocenters. The van der Waals surface area contributed by atoms with E-state index in [9.17, 15) is 4.79 Å². The monoisotopic (exact) mass is 252 g/mol. The summed E-state index contributed by atoms with van der Waals surface area (Å²) in [6.07, 6.45) is 4.94. The summed E-state index contributed by atoms with van der Waals surface area (Å²) in [5, 5.41) is 0. The molecule has 0 saturated heterocycles. The molecule has 1 rings (SSSR count). The maximum absolute atomic E-state index is 10.8. The van der Waals surface area contributed by atoms with Gasteiger partial charge in [0.05, 0.1) is 0 Å². The van der Waals surface area contributed by atoms with Crippen molar-refractivity contribution in [3.63, 3.8) is 0 Å². The van der Waals surface area contributed by atoms with E-state index in [1.165, 1.54) is 0 Å². The summed E-state index contributed by atoms with van der Waals surface area (Å²) in [5.74, 6) is -0.425. The van der Waals surface area contributed by atoms with Crippen LogP contribution in [0.3, 0.4) is 0 Å². The van der Waals surface area contributed by atoms with Crippen molar-refractivity contribution in [3.05, 3.63) is 10.6 Å². The summed E-state index contributed by atoms with van der Waals surface area (Å²) in [7, 11) is 0. The minimum Gasteiger partial charge on any atom is -0.456 e. The Morgan fingerprint density at radius 1 is 1.83 bits per heavy atom. The van der Waals surface area contributed by atoms with E-state index in [0.717, 1.165) is 23.7 Å². The van der Waals surface area contributed by atoms with Crippen molar-refractivity contribution in [1.82, 2.24) is 0 Å². The summed E-state index contributed by atoms with van der Waals surface area (Å²) in [4.78, 5) is 10.8. The Hall–Kier alpha value is -0.0200. The van der Waals surface area contributed by atoms with Crippen LogP contribution < -0.4 is 0 Å². The van der Waals surface area contributed by atoms with Crippen molar-refractivity contribution in [2.24, 2.45) is 0 Å². The molecular weight excluding hydrogens is 243 g/mol. The normalized spacial score (nSPS) is 23.2. The van der Waals surface area contributed by atoms with Crippen LogP contribution in [0.15, 0.2) is 10.6 Å². The van der Waals surface area contributed by atoms with E-state index in [1.807, 2.05) is 6.08 Å². The molecule has 0 heterocycles. The van der Waals surface area contributed by atoms with Gasteiger partial charge in [0, 0.05) is 4.48 Å². The van der Waals surface area contributed by atoms with Gasteiger partial charge in [0.2, 0.25) is 0 Å². The highest BCUT2D eigenvalue weighted by atomic mass is 79.9. The molecule has 4 heteroatoms. The molecule has 0 radical (unpaired) electrons. The fourth-order valence-electron chi connectivity index (χ4n) is 1.12. The van der Waals surface area contributed by atoms with Gasteiger partial charge >= 0.3 is 5.97 Å². The van der Waals surface area contributed by atoms with Gasteiger partial charge in [-0.25, -0.2) is 0 Å². The average Bonchev–Trinajstić information content (AvgIpc) is 2.09. The van der Waals surface area contributed by atoms with Crippen LogP contribution in [-0.2, 0) is 9.53 Å². The molecule has 0 amide bonds. The number of hydrogen-bond donors (Lipinski definition) is 0. The number of esters is 1. The molecule has 1 aliphatic rings. The number of rotatable bonds is 2. The van der Waals surface area contributed by atoms with Gasteiger partial charge in [-0.15, -0.1) is 11.6 Å². The Labute approximate surface area is 85.0 Å². The Morgan fingerprint density at radius 3 is 3.17 bits per heavy atom. The van der Waals surface area contributed by atoms with E-state index < -0.39 is 0 Å². The second-order valence-electron chi connectivity index (χ2n) is 2.63. The highest BCUT2D eigenvalue weighted by molar-refractivity contribution is 9.11. The molecule has 2 nitrogen and oxygen atoms in total. The minimum absolute atomic E-state index is 0.0726. The summed E-state index contributed by atoms with van der Waals surface area (Å²) in [6.45, 7) is 0. The second kappa shape index (κ2) is 4.87. The third-order valence-corrected chi connectivity index (χ3v) is 2.75. The van der Waals surface area contributed by atoms with Gasteiger partial charge in [-0.05, 0) is 19.3 Å². The van der Waals surface area contributed by atoms with Crippen LogP contribution in [0.2, 0.25) is 0 Å². The molecule has 68 valence electrons. The number of carbonyl (C=O) groups excluding carboxylic acids is 1. The first-order valence-electron chi connectivity index (χ1n) is 3.85. The van der Waals surface area contributed by atoms with Crippen LogP contribution in [0.1, 0.15) is 19.3 Å². The summed E-state index contributed by atoms with van der Waals surface area (Å²) in [6, 6.07) is 0. The molecule has 0 aliphatic heterocycles. The van der Waals surface area contributed by atoms with Gasteiger partial charge in [0.1, 0.15) is 12.0 Å². The topological polar surface area (TPSA) is 26.3 Å². The number of halogens is 2. The van der Waals surface area contributed by atoms with Crippen molar-refractivity contribution in [1.29, 1.82) is 0 Å². The van der Waals surface area contributed by atoms with Gasteiger partial charge in [0.15, 0.2) is 0 Å². The predicted octanol–water partition coefficient (Wildman–Crippen LogP) is 2.60. The van der Waals surface area contributed by atoms with E-state index >= 15 is 0 Å². The molecule has 0 aromatic rings. The first-order valence-corrected chi connectivity index (χ1v) is 5.18. The van der Waals surface area contributed by atoms with Crippen LogP contribution >= 0.6 is 27.5 Å². The zero-order valence-electron chi connectivity index (χ0n) is 6.56. The molecule has 0 aromatic heterocycles. The van der Waals surface area contributed by atoms with E-state index in [-0.39, 0.29) is 18.0 Å². The van der Waals surface area contributed by atoms with E-state index in [4.69, 9.17) is 16.3 Å². The standard InChI is InChI=1S/C8H10BrClO2/c9-6-3-1-2-4-7(6)12-8(11)5-10/h3,7H,1-2,4-5H2/t7-/m0/s1. The van der Waals surface area contributed by atoms with E-state index in [2.05, 4.69) is 15.9 Å². The number of carbonyl (C=O) groups is 1. The Bertz CT molecular complexity index is 203. The molecule has 0 fully saturated rings. The highest BCUT2D eigenvalue weighted by Gasteiger charge is 2.19. The van der Waals surface area contributed by atoms with Crippen LogP contribution in [0.25, 0.3) is 0 Å². The van der Waals surface area contributed by atoms with E-state index in [1.54, 1.807) is 0 Å². The zero-order chi connectivity index (χ0) is 8.97. The lowest BCUT2D eigenvalue weighted by Crippen LogP contribution is -2.21. The van der Waals surface area contributed by atoms with Crippen LogP contribution in [0, 0.1) is 0 Å². The Kier molecular flexibility index (Phi) is 4.09. The number of allylic oxidation sites excluding steroid dienone is 1. The Morgan fingerprint density at radius 2 is 2.58 bits per heavy atom. The molecule has 0 spiro atoms. The highest BCUT2D eigenvalue weighted by Crippen LogP contribution is 2.25. The number of ether oxygens (including phenoxy) is 1. The predicted molar refractivity (Wildman–Crippen MR) is 51.5 cm³/mol. The van der Waals surface area contributed by atoms with Crippen molar-refractivity contribution >= 4 is 33.5 Å². The lowest BCUT2D eigenvalue weighted by Gasteiger charge is -2.20. The third kappa shape index (κ3) is 2.79. The van der Waals surface area contributed by atoms with Crippen molar-refractivity contribution in [3.8, 4) is 0 Å². The van der Waals surface area contributed by atoms with Crippen LogP contribution in [0.4, 0.5) is 0 Å². The van der Waals surface area contributed by atoms with Gasteiger partial charge < -0.3 is 4.74 Å². The summed E-state index contributed by atoms with van der Waals surface area (Å²) >= 11 is 8.66. The Balaban J connectivity index is 2.45. The van der Waals surface area contributed by atoms with Gasteiger partial charge in [-0.3, -0.25) is 4.79 Å². The van der Waals surface area contributed by atoms with Crippen molar-refractivity contribution in [2.45, 2.75) is 25.4 Å². The lowest BCUT2D eigenvalue weighted by molar-refractivity contribution is -0.144. The smallest absolute Gasteiger partial charge is 0.321 e. The average molecular weight is 254 g/mol. The third-order valence-electron chi connectivity index (χ3n) is 1.70. The molecule has 1 atom stereocenters. The maximum atomic E-state index is 10.8. The fourth-order valence-corrected chi connectivity index (χ4v) is 1.73. The molecule has 12 heavy (non-hydrogen) atoms. The summed E-state index contributed by atoms with van der Waals surface area (Å²) < 4.78 is 6.03. The second-order valence-corrected chi connectivity index (χ2v) is 3.81. The van der Waals surface area contributed by atoms with Crippen LogP contribution in [-0.4, -0.2) is 18.0 Å². The number of hydrogen-bond acceptors (Lipinski definition) is 2. The SMILES string of the molecule is O=C(CCl)O[C@H]1CCCC=C1Br. The molecule has 0 aromatic carbocycles. The minimum atomic E-state index is -0.353. The first-order chi connectivity index (χ1) is 5.74. The quantitative estimate of drug-likeness (QED) is 0.558. The number of alkyl halides is 1. The summed E-state index contributed by atoms with van der Waals surface area (Å²) in [5.41, 5.74) is 0. The largest absolute Gasteiger partial charge is 0.456 e. The molecular formula is C8H10BrClO2. The van der Waals surface area contributed by atoms with E-state index in [0.29, 0.717) is 0 Å². The van der Waals surface area contributed by atoms with Gasteiger partial charge in [0.25, 0.3) is 0 Å². The van der Waals surface area contributed by atoms with Crippen molar-refractivity contribution in [2.75, 3.05) is 5.88 Å². The zero-order valence-corrected chi connectivity index (χ0v) is 8.90. The van der Waals surface area contributed by atoms with Gasteiger partial charge in [-0.2, -0.15) is 0 Å². The fraction of sp³-hybridized carbons (Fsp3) is 0.625. The van der Waals surface area contributed by atoms with Gasteiger partial charge in [-0.1, -0.05) is 22.0 Å².